The number of carbonyl (C=O) groups excluding carboxylic acids is 1. The van der Waals surface area contributed by atoms with Crippen LogP contribution in [0.5, 0.6) is 0 Å². The fourth-order valence-electron chi connectivity index (χ4n) is 4.72. The normalized spacial score (nSPS) is 30.5. The van der Waals surface area contributed by atoms with Crippen LogP contribution in [0.3, 0.4) is 0 Å². The first-order valence-electron chi connectivity index (χ1n) is 10.4. The Hall–Kier alpha value is -1.88. The van der Waals surface area contributed by atoms with Crippen molar-refractivity contribution in [3.63, 3.8) is 0 Å². The summed E-state index contributed by atoms with van der Waals surface area (Å²) in [4.78, 5) is 17.6. The number of aliphatic hydroxyl groups is 1. The molecule has 1 spiro atoms. The van der Waals surface area contributed by atoms with Crippen LogP contribution in [0, 0.1) is 17.2 Å². The van der Waals surface area contributed by atoms with Gasteiger partial charge in [0.1, 0.15) is 11.8 Å². The van der Waals surface area contributed by atoms with Crippen LogP contribution in [-0.4, -0.2) is 57.8 Å². The molecule has 7 nitrogen and oxygen atoms in total. The molecule has 0 aromatic carbocycles. The number of piperidine rings is 1. The van der Waals surface area contributed by atoms with Crippen LogP contribution in [0.15, 0.2) is 12.3 Å². The van der Waals surface area contributed by atoms with E-state index in [1.807, 2.05) is 19.2 Å². The molecule has 3 N–H and O–H groups in total. The van der Waals surface area contributed by atoms with Crippen molar-refractivity contribution in [3.05, 3.63) is 23.5 Å². The van der Waals surface area contributed by atoms with E-state index in [0.717, 1.165) is 57.3 Å². The number of H-pyrrole nitrogens is 1. The third kappa shape index (κ3) is 3.95. The van der Waals surface area contributed by atoms with E-state index in [4.69, 9.17) is 10.00 Å². The van der Waals surface area contributed by atoms with Gasteiger partial charge in [0.2, 0.25) is 5.91 Å². The highest BCUT2D eigenvalue weighted by Gasteiger charge is 2.49. The van der Waals surface area contributed by atoms with E-state index >= 15 is 0 Å². The van der Waals surface area contributed by atoms with Crippen molar-refractivity contribution in [1.82, 2.24) is 15.2 Å². The highest BCUT2D eigenvalue weighted by atomic mass is 16.5. The summed E-state index contributed by atoms with van der Waals surface area (Å²) in [5.41, 5.74) is 0.434. The Morgan fingerprint density at radius 2 is 2.21 bits per heavy atom. The summed E-state index contributed by atoms with van der Waals surface area (Å²) < 4.78 is 6.26. The van der Waals surface area contributed by atoms with Gasteiger partial charge >= 0.3 is 0 Å². The average molecular weight is 386 g/mol. The van der Waals surface area contributed by atoms with Gasteiger partial charge in [0.05, 0.1) is 23.9 Å². The van der Waals surface area contributed by atoms with Gasteiger partial charge < -0.3 is 20.1 Å². The molecule has 3 fully saturated rings. The molecular formula is C21H30N4O3. The number of nitrogens with zero attached hydrogens (tertiary/aromatic N) is 2. The third-order valence-electron chi connectivity index (χ3n) is 6.82. The zero-order valence-corrected chi connectivity index (χ0v) is 16.5. The van der Waals surface area contributed by atoms with Crippen LogP contribution in [0.4, 0.5) is 0 Å². The van der Waals surface area contributed by atoms with Crippen LogP contribution in [0.25, 0.3) is 0 Å². The van der Waals surface area contributed by atoms with Crippen molar-refractivity contribution in [1.29, 1.82) is 5.26 Å². The van der Waals surface area contributed by atoms with Gasteiger partial charge in [0.25, 0.3) is 0 Å². The number of nitriles is 1. The predicted molar refractivity (Wildman–Crippen MR) is 103 cm³/mol. The van der Waals surface area contributed by atoms with Crippen LogP contribution >= 0.6 is 0 Å². The number of hydrogen-bond donors (Lipinski definition) is 3. The van der Waals surface area contributed by atoms with Crippen LogP contribution < -0.4 is 5.32 Å². The quantitative estimate of drug-likeness (QED) is 0.731. The van der Waals surface area contributed by atoms with Crippen molar-refractivity contribution in [2.45, 2.75) is 69.2 Å². The Kier molecular flexibility index (Phi) is 5.21. The van der Waals surface area contributed by atoms with E-state index in [2.05, 4.69) is 21.3 Å². The number of amides is 1. The maximum absolute atomic E-state index is 12.3. The molecular weight excluding hydrogens is 356 g/mol. The minimum atomic E-state index is -0.956. The first-order chi connectivity index (χ1) is 13.4. The number of nitrogens with one attached hydrogen (secondary N) is 2. The zero-order valence-electron chi connectivity index (χ0n) is 16.5. The Morgan fingerprint density at radius 1 is 1.46 bits per heavy atom. The summed E-state index contributed by atoms with van der Waals surface area (Å²) in [7, 11) is 0. The number of likely N-dealkylation sites (tertiary alicyclic amines) is 1. The summed E-state index contributed by atoms with van der Waals surface area (Å²) >= 11 is 0. The summed E-state index contributed by atoms with van der Waals surface area (Å²) in [5, 5.41) is 23.0. The lowest BCUT2D eigenvalue weighted by Gasteiger charge is -2.51. The first kappa shape index (κ1) is 19.4. The van der Waals surface area contributed by atoms with Crippen LogP contribution in [0.2, 0.25) is 0 Å². The molecule has 1 aliphatic carbocycles. The molecule has 0 unspecified atom stereocenters. The molecule has 1 aromatic rings. The van der Waals surface area contributed by atoms with E-state index in [-0.39, 0.29) is 23.5 Å². The van der Waals surface area contributed by atoms with Crippen LogP contribution in [-0.2, 0) is 16.1 Å². The molecule has 7 heteroatoms. The maximum Gasteiger partial charge on any atom is 0.223 e. The molecule has 3 heterocycles. The lowest BCUT2D eigenvalue weighted by Crippen LogP contribution is -2.64. The summed E-state index contributed by atoms with van der Waals surface area (Å²) in [5.74, 6) is 0.180. The fraction of sp³-hybridized carbons (Fsp3) is 0.714. The van der Waals surface area contributed by atoms with E-state index in [0.29, 0.717) is 18.7 Å². The fourth-order valence-corrected chi connectivity index (χ4v) is 4.72. The third-order valence-corrected chi connectivity index (χ3v) is 6.82. The van der Waals surface area contributed by atoms with E-state index in [9.17, 15) is 9.90 Å². The Labute approximate surface area is 166 Å². The van der Waals surface area contributed by atoms with Gasteiger partial charge in [-0.1, -0.05) is 6.42 Å². The highest BCUT2D eigenvalue weighted by Crippen LogP contribution is 2.40. The molecule has 2 aliphatic heterocycles. The Bertz CT molecular complexity index is 754. The Balaban J connectivity index is 1.30. The minimum Gasteiger partial charge on any atom is -0.388 e. The SMILES string of the molecule is C[C@]1(O)CC2(CCN(Cc3c[nH]c(C#N)c3)CC2)OC[C@@H]1NC(=O)C1CCC1. The van der Waals surface area contributed by atoms with Gasteiger partial charge in [-0.15, -0.1) is 0 Å². The lowest BCUT2D eigenvalue weighted by atomic mass is 9.75. The monoisotopic (exact) mass is 386 g/mol. The number of carbonyl (C=O) groups is 1. The summed E-state index contributed by atoms with van der Waals surface area (Å²) in [6.45, 7) is 4.79. The van der Waals surface area contributed by atoms with Gasteiger partial charge in [0.15, 0.2) is 0 Å². The molecule has 2 saturated heterocycles. The van der Waals surface area contributed by atoms with Crippen molar-refractivity contribution in [2.75, 3.05) is 19.7 Å². The molecule has 3 aliphatic rings. The molecule has 0 bridgehead atoms. The summed E-state index contributed by atoms with van der Waals surface area (Å²) in [6.07, 6.45) is 7.20. The first-order valence-corrected chi connectivity index (χ1v) is 10.4. The van der Waals surface area contributed by atoms with Gasteiger partial charge in [0, 0.05) is 38.2 Å². The van der Waals surface area contributed by atoms with E-state index in [1.165, 1.54) is 0 Å². The van der Waals surface area contributed by atoms with Gasteiger partial charge in [-0.05, 0) is 44.2 Å². The second-order valence-electron chi connectivity index (χ2n) is 9.03. The maximum atomic E-state index is 12.3. The number of ether oxygens (including phenoxy) is 1. The van der Waals surface area contributed by atoms with Gasteiger partial charge in [-0.2, -0.15) is 5.26 Å². The average Bonchev–Trinajstić information content (AvgIpc) is 3.05. The lowest BCUT2D eigenvalue weighted by molar-refractivity contribution is -0.190. The molecule has 1 saturated carbocycles. The molecule has 4 rings (SSSR count). The number of rotatable bonds is 4. The van der Waals surface area contributed by atoms with E-state index in [1.54, 1.807) is 0 Å². The van der Waals surface area contributed by atoms with Crippen molar-refractivity contribution in [2.24, 2.45) is 5.92 Å². The second kappa shape index (κ2) is 7.51. The Morgan fingerprint density at radius 3 is 2.79 bits per heavy atom. The highest BCUT2D eigenvalue weighted by molar-refractivity contribution is 5.79. The second-order valence-corrected chi connectivity index (χ2v) is 9.03. The van der Waals surface area contributed by atoms with Crippen molar-refractivity contribution < 1.29 is 14.6 Å². The molecule has 0 radical (unpaired) electrons. The standard InChI is InChI=1S/C21H30N4O3/c1-20(27)14-21(28-13-18(20)24-19(26)16-3-2-4-16)5-7-25(8-6-21)12-15-9-17(10-22)23-11-15/h9,11,16,18,23,27H,2-8,12-14H2,1H3,(H,24,26)/t18-,20-/m0/s1. The van der Waals surface area contributed by atoms with E-state index < -0.39 is 5.60 Å². The minimum absolute atomic E-state index is 0.0640. The van der Waals surface area contributed by atoms with Crippen molar-refractivity contribution >= 4 is 5.91 Å². The molecule has 1 aromatic heterocycles. The topological polar surface area (TPSA) is 101 Å². The molecule has 2 atom stereocenters. The largest absolute Gasteiger partial charge is 0.388 e. The number of hydrogen-bond acceptors (Lipinski definition) is 5. The molecule has 152 valence electrons. The van der Waals surface area contributed by atoms with Gasteiger partial charge in [-0.25, -0.2) is 0 Å². The molecule has 28 heavy (non-hydrogen) atoms. The predicted octanol–water partition coefficient (Wildman–Crippen LogP) is 1.68. The molecule has 1 amide bonds. The smallest absolute Gasteiger partial charge is 0.223 e. The number of aromatic nitrogens is 1. The zero-order chi connectivity index (χ0) is 19.8. The van der Waals surface area contributed by atoms with Crippen LogP contribution in [0.1, 0.15) is 56.7 Å². The number of aromatic amines is 1. The summed E-state index contributed by atoms with van der Waals surface area (Å²) in [6, 6.07) is 3.67. The van der Waals surface area contributed by atoms with Crippen molar-refractivity contribution in [3.8, 4) is 6.07 Å². The van der Waals surface area contributed by atoms with Gasteiger partial charge in [-0.3, -0.25) is 9.69 Å².